The molecule has 266 valence electrons. The van der Waals surface area contributed by atoms with Crippen LogP contribution in [0.2, 0.25) is 0 Å². The van der Waals surface area contributed by atoms with Gasteiger partial charge >= 0.3 is 0 Å². The highest BCUT2D eigenvalue weighted by molar-refractivity contribution is 5.98. The molecule has 0 N–H and O–H groups in total. The van der Waals surface area contributed by atoms with Gasteiger partial charge < -0.3 is 4.90 Å². The van der Waals surface area contributed by atoms with E-state index in [-0.39, 0.29) is 0 Å². The molecule has 0 aliphatic heterocycles. The molecule has 6 aromatic carbocycles. The number of nitrogens with zero attached hydrogens (tertiary/aromatic N) is 4. The molecule has 4 nitrogen and oxygen atoms in total. The van der Waals surface area contributed by atoms with E-state index in [0.717, 1.165) is 66.5 Å². The zero-order valence-corrected chi connectivity index (χ0v) is 32.1. The molecule has 3 heterocycles. The molecular weight excluding hydrogens is 669 g/mol. The molecule has 0 aliphatic carbocycles. The summed E-state index contributed by atoms with van der Waals surface area (Å²) in [5.74, 6) is 0. The molecule has 0 saturated heterocycles. The second kappa shape index (κ2) is 13.6. The molecule has 55 heavy (non-hydrogen) atoms. The standard InChI is InChI=1S/C51H42N4/c1-31-28-46(34(4)25-43(31)40-19-7-13-37-16-10-22-52-49(37)40)55(47-29-32(2)44(26-35(47)5)41-20-8-14-38-17-11-23-53-50(38)41)48-30-33(3)45(27-36(48)6)42-21-9-15-39-18-12-24-54-51(39)42/h7-30H,1-6H3. The maximum absolute atomic E-state index is 4.81. The fraction of sp³-hybridized carbons (Fsp3) is 0.118. The Hall–Kier alpha value is -6.65. The third kappa shape index (κ3) is 5.91. The lowest BCUT2D eigenvalue weighted by Crippen LogP contribution is -2.15. The van der Waals surface area contributed by atoms with Gasteiger partial charge in [-0.05, 0) is 146 Å². The molecule has 0 amide bonds. The van der Waals surface area contributed by atoms with Gasteiger partial charge in [-0.3, -0.25) is 15.0 Å². The van der Waals surface area contributed by atoms with E-state index in [1.807, 2.05) is 36.8 Å². The number of anilines is 3. The van der Waals surface area contributed by atoms with E-state index < -0.39 is 0 Å². The molecule has 4 heteroatoms. The summed E-state index contributed by atoms with van der Waals surface area (Å²) in [7, 11) is 0. The average Bonchev–Trinajstić information content (AvgIpc) is 3.21. The first-order chi connectivity index (χ1) is 26.8. The van der Waals surface area contributed by atoms with Crippen molar-refractivity contribution in [1.82, 2.24) is 15.0 Å². The van der Waals surface area contributed by atoms with E-state index in [4.69, 9.17) is 15.0 Å². The first-order valence-electron chi connectivity index (χ1n) is 18.9. The van der Waals surface area contributed by atoms with Crippen LogP contribution in [0.25, 0.3) is 66.1 Å². The van der Waals surface area contributed by atoms with Crippen LogP contribution in [-0.2, 0) is 0 Å². The summed E-state index contributed by atoms with van der Waals surface area (Å²) in [6.07, 6.45) is 5.66. The Morgan fingerprint density at radius 1 is 0.309 bits per heavy atom. The summed E-state index contributed by atoms with van der Waals surface area (Å²) in [6.45, 7) is 13.4. The fourth-order valence-electron chi connectivity index (χ4n) is 8.35. The smallest absolute Gasteiger partial charge is 0.0780 e. The van der Waals surface area contributed by atoms with Crippen molar-refractivity contribution in [3.63, 3.8) is 0 Å². The number of fused-ring (bicyclic) bond motifs is 3. The molecular formula is C51H42N4. The van der Waals surface area contributed by atoms with E-state index in [9.17, 15) is 0 Å². The van der Waals surface area contributed by atoms with Crippen LogP contribution in [0.5, 0.6) is 0 Å². The second-order valence-electron chi connectivity index (χ2n) is 14.8. The van der Waals surface area contributed by atoms with Crippen molar-refractivity contribution in [2.45, 2.75) is 41.5 Å². The summed E-state index contributed by atoms with van der Waals surface area (Å²) >= 11 is 0. The van der Waals surface area contributed by atoms with Crippen molar-refractivity contribution in [2.75, 3.05) is 4.90 Å². The molecule has 0 bridgehead atoms. The normalized spacial score (nSPS) is 11.5. The van der Waals surface area contributed by atoms with Crippen molar-refractivity contribution < 1.29 is 0 Å². The zero-order valence-electron chi connectivity index (χ0n) is 32.1. The summed E-state index contributed by atoms with van der Waals surface area (Å²) < 4.78 is 0. The molecule has 0 unspecified atom stereocenters. The summed E-state index contributed by atoms with van der Waals surface area (Å²) in [4.78, 5) is 16.9. The number of aromatic nitrogens is 3. The van der Waals surface area contributed by atoms with Gasteiger partial charge in [-0.15, -0.1) is 0 Å². The molecule has 3 aromatic heterocycles. The SMILES string of the molecule is Cc1cc(N(c2cc(C)c(-c3cccc4cccnc34)cc2C)c2cc(C)c(-c3cccc4cccnc34)cc2C)c(C)cc1-c1cccc2cccnc12. The Morgan fingerprint density at radius 3 is 0.909 bits per heavy atom. The lowest BCUT2D eigenvalue weighted by atomic mass is 9.91. The number of hydrogen-bond acceptors (Lipinski definition) is 4. The van der Waals surface area contributed by atoms with Crippen molar-refractivity contribution in [2.24, 2.45) is 0 Å². The number of para-hydroxylation sites is 3. The van der Waals surface area contributed by atoms with E-state index in [2.05, 4.69) is 156 Å². The Balaban J connectivity index is 1.25. The second-order valence-corrected chi connectivity index (χ2v) is 14.8. The highest BCUT2D eigenvalue weighted by atomic mass is 15.1. The number of rotatable bonds is 6. The van der Waals surface area contributed by atoms with E-state index in [1.165, 1.54) is 50.1 Å². The lowest BCUT2D eigenvalue weighted by Gasteiger charge is -2.32. The minimum absolute atomic E-state index is 1.02. The monoisotopic (exact) mass is 710 g/mol. The Morgan fingerprint density at radius 2 is 0.600 bits per heavy atom. The molecule has 0 saturated carbocycles. The minimum atomic E-state index is 1.02. The van der Waals surface area contributed by atoms with Gasteiger partial charge in [0.05, 0.1) is 16.6 Å². The van der Waals surface area contributed by atoms with Gasteiger partial charge in [-0.2, -0.15) is 0 Å². The van der Waals surface area contributed by atoms with Crippen LogP contribution in [0.15, 0.2) is 146 Å². The van der Waals surface area contributed by atoms with Crippen LogP contribution in [-0.4, -0.2) is 15.0 Å². The lowest BCUT2D eigenvalue weighted by molar-refractivity contribution is 1.18. The van der Waals surface area contributed by atoms with E-state index >= 15 is 0 Å². The third-order valence-corrected chi connectivity index (χ3v) is 11.1. The predicted octanol–water partition coefficient (Wildman–Crippen LogP) is 13.7. The quantitative estimate of drug-likeness (QED) is 0.172. The summed E-state index contributed by atoms with van der Waals surface area (Å²) in [5, 5.41) is 3.42. The van der Waals surface area contributed by atoms with Crippen molar-refractivity contribution in [3.8, 4) is 33.4 Å². The van der Waals surface area contributed by atoms with Crippen molar-refractivity contribution in [1.29, 1.82) is 0 Å². The number of hydrogen-bond donors (Lipinski definition) is 0. The highest BCUT2D eigenvalue weighted by Gasteiger charge is 2.24. The third-order valence-electron chi connectivity index (χ3n) is 11.1. The van der Waals surface area contributed by atoms with Crippen LogP contribution >= 0.6 is 0 Å². The maximum atomic E-state index is 4.81. The first-order valence-corrected chi connectivity index (χ1v) is 18.9. The van der Waals surface area contributed by atoms with Crippen molar-refractivity contribution in [3.05, 3.63) is 179 Å². The van der Waals surface area contributed by atoms with Crippen LogP contribution in [0.1, 0.15) is 33.4 Å². The van der Waals surface area contributed by atoms with Crippen LogP contribution in [0.3, 0.4) is 0 Å². The Labute approximate surface area is 322 Å². The zero-order chi connectivity index (χ0) is 37.8. The molecule has 0 radical (unpaired) electrons. The van der Waals surface area contributed by atoms with Gasteiger partial charge in [-0.25, -0.2) is 0 Å². The Kier molecular flexibility index (Phi) is 8.47. The highest BCUT2D eigenvalue weighted by Crippen LogP contribution is 2.46. The number of pyridine rings is 3. The first kappa shape index (κ1) is 34.1. The largest absolute Gasteiger partial charge is 0.310 e. The molecule has 9 rings (SSSR count). The van der Waals surface area contributed by atoms with E-state index in [0.29, 0.717) is 0 Å². The minimum Gasteiger partial charge on any atom is -0.310 e. The van der Waals surface area contributed by atoms with Crippen molar-refractivity contribution >= 4 is 49.8 Å². The topological polar surface area (TPSA) is 41.9 Å². The van der Waals surface area contributed by atoms with E-state index in [1.54, 1.807) is 0 Å². The summed E-state index contributed by atoms with van der Waals surface area (Å²) in [5.41, 5.74) is 20.7. The Bertz CT molecular complexity index is 2620. The summed E-state index contributed by atoms with van der Waals surface area (Å²) in [6, 6.07) is 45.9. The van der Waals surface area contributed by atoms with Gasteiger partial charge in [0.1, 0.15) is 0 Å². The molecule has 0 fully saturated rings. The number of benzene rings is 6. The van der Waals surface area contributed by atoms with Gasteiger partial charge in [-0.1, -0.05) is 72.8 Å². The van der Waals surface area contributed by atoms with Gasteiger partial charge in [0.2, 0.25) is 0 Å². The molecule has 9 aromatic rings. The van der Waals surface area contributed by atoms with Crippen LogP contribution in [0.4, 0.5) is 17.1 Å². The maximum Gasteiger partial charge on any atom is 0.0780 e. The predicted molar refractivity (Wildman–Crippen MR) is 232 cm³/mol. The van der Waals surface area contributed by atoms with Gasteiger partial charge in [0.25, 0.3) is 0 Å². The molecule has 0 spiro atoms. The fourth-order valence-corrected chi connectivity index (χ4v) is 8.35. The van der Waals surface area contributed by atoms with Gasteiger partial charge in [0, 0.05) is 68.5 Å². The molecule has 0 aliphatic rings. The average molecular weight is 711 g/mol. The molecule has 0 atom stereocenters. The van der Waals surface area contributed by atoms with Gasteiger partial charge in [0.15, 0.2) is 0 Å². The number of aryl methyl sites for hydroxylation is 6. The van der Waals surface area contributed by atoms with Crippen LogP contribution in [0, 0.1) is 41.5 Å². The van der Waals surface area contributed by atoms with Crippen LogP contribution < -0.4 is 4.90 Å².